The summed E-state index contributed by atoms with van der Waals surface area (Å²) in [5.74, 6) is -1.08. The Morgan fingerprint density at radius 1 is 1.19 bits per heavy atom. The van der Waals surface area contributed by atoms with Crippen LogP contribution in [0.15, 0.2) is 12.1 Å². The van der Waals surface area contributed by atoms with Crippen LogP contribution in [0.5, 0.6) is 11.9 Å². The van der Waals surface area contributed by atoms with E-state index in [4.69, 9.17) is 31.5 Å². The summed E-state index contributed by atoms with van der Waals surface area (Å²) >= 11 is 5.96. The van der Waals surface area contributed by atoms with Crippen molar-refractivity contribution in [2.45, 2.75) is 42.7 Å². The van der Waals surface area contributed by atoms with Gasteiger partial charge in [-0.1, -0.05) is 11.6 Å². The van der Waals surface area contributed by atoms with Gasteiger partial charge < -0.3 is 24.8 Å². The van der Waals surface area contributed by atoms with Crippen LogP contribution in [0.3, 0.4) is 0 Å². The first kappa shape index (κ1) is 27.6. The summed E-state index contributed by atoms with van der Waals surface area (Å²) in [7, 11) is 1.74. The number of rotatable bonds is 4. The maximum Gasteiger partial charge on any atom is 0.418 e. The molecule has 2 aromatic heterocycles. The number of nitrogens with zero attached hydrogens (tertiary/aromatic N) is 5. The molecule has 2 N–H and O–H groups in total. The van der Waals surface area contributed by atoms with Gasteiger partial charge in [-0.3, -0.25) is 4.90 Å². The van der Waals surface area contributed by atoms with Gasteiger partial charge in [0.05, 0.1) is 29.3 Å². The number of anilines is 2. The lowest BCUT2D eigenvalue weighted by atomic mass is 9.95. The molecule has 3 aromatic rings. The van der Waals surface area contributed by atoms with Crippen LogP contribution in [-0.4, -0.2) is 83.7 Å². The summed E-state index contributed by atoms with van der Waals surface area (Å²) in [5.41, 5.74) is 1.52. The van der Waals surface area contributed by atoms with E-state index in [1.807, 2.05) is 0 Å². The first-order valence-electron chi connectivity index (χ1n) is 13.4. The van der Waals surface area contributed by atoms with E-state index < -0.39 is 51.1 Å². The molecule has 0 aliphatic carbocycles. The fraction of sp³-hybridized carbons (Fsp3) is 0.519. The lowest BCUT2D eigenvalue weighted by molar-refractivity contribution is -0.137. The van der Waals surface area contributed by atoms with Crippen LogP contribution in [-0.2, 0) is 10.9 Å². The number of benzene rings is 1. The minimum absolute atomic E-state index is 0.0446. The molecule has 6 heterocycles. The molecule has 0 bridgehead atoms. The zero-order valence-electron chi connectivity index (χ0n) is 22.4. The second-order valence-corrected chi connectivity index (χ2v) is 11.9. The van der Waals surface area contributed by atoms with Gasteiger partial charge in [0.1, 0.15) is 47.3 Å². The molecule has 0 saturated carbocycles. The van der Waals surface area contributed by atoms with Crippen molar-refractivity contribution in [1.29, 1.82) is 0 Å². The molecular formula is C27H26ClF5N6O3. The highest BCUT2D eigenvalue weighted by Crippen LogP contribution is 2.47. The predicted molar refractivity (Wildman–Crippen MR) is 143 cm³/mol. The summed E-state index contributed by atoms with van der Waals surface area (Å²) in [6.07, 6.45) is -4.02. The molecule has 7 rings (SSSR count). The Bertz CT molecular complexity index is 1610. The van der Waals surface area contributed by atoms with E-state index in [2.05, 4.69) is 19.9 Å². The fourth-order valence-electron chi connectivity index (χ4n) is 6.58. The average molecular weight is 613 g/mol. The van der Waals surface area contributed by atoms with Crippen molar-refractivity contribution in [2.24, 2.45) is 0 Å². The number of likely N-dealkylation sites (N-methyl/N-ethyl adjacent to an activating group) is 1. The number of ether oxygens (including phenoxy) is 3. The third-order valence-corrected chi connectivity index (χ3v) is 9.14. The molecule has 1 aromatic carbocycles. The number of fused-ring (bicyclic) bond motifs is 1. The van der Waals surface area contributed by atoms with Gasteiger partial charge >= 0.3 is 12.2 Å². The fourth-order valence-corrected chi connectivity index (χ4v) is 6.92. The number of alkyl halides is 4. The highest BCUT2D eigenvalue weighted by molar-refractivity contribution is 6.32. The first-order valence-corrected chi connectivity index (χ1v) is 13.8. The van der Waals surface area contributed by atoms with Gasteiger partial charge in [0.15, 0.2) is 5.82 Å². The first-order chi connectivity index (χ1) is 19.9. The Morgan fingerprint density at radius 2 is 1.98 bits per heavy atom. The molecule has 9 nitrogen and oxygen atoms in total. The Kier molecular flexibility index (Phi) is 6.17. The van der Waals surface area contributed by atoms with Gasteiger partial charge in [0, 0.05) is 31.3 Å². The normalized spacial score (nSPS) is 24.9. The number of nitrogen functional groups attached to an aromatic ring is 1. The number of aromatic nitrogens is 3. The lowest BCUT2D eigenvalue weighted by Gasteiger charge is -2.46. The van der Waals surface area contributed by atoms with Crippen molar-refractivity contribution in [2.75, 3.05) is 57.2 Å². The van der Waals surface area contributed by atoms with Crippen LogP contribution < -0.4 is 20.1 Å². The number of hydrogen-bond donors (Lipinski definition) is 1. The number of halogens is 6. The van der Waals surface area contributed by atoms with E-state index in [9.17, 15) is 17.6 Å². The molecule has 0 radical (unpaired) electrons. The van der Waals surface area contributed by atoms with E-state index in [0.717, 1.165) is 31.5 Å². The van der Waals surface area contributed by atoms with Crippen molar-refractivity contribution >= 4 is 34.0 Å². The van der Waals surface area contributed by atoms with Crippen molar-refractivity contribution < 1.29 is 36.2 Å². The number of hydrogen-bond acceptors (Lipinski definition) is 9. The molecule has 15 heteroatoms. The molecule has 3 saturated heterocycles. The molecule has 3 fully saturated rings. The van der Waals surface area contributed by atoms with Crippen molar-refractivity contribution in [3.63, 3.8) is 0 Å². The Labute approximate surface area is 241 Å². The minimum Gasteiger partial charge on any atom is -0.474 e. The third-order valence-electron chi connectivity index (χ3n) is 8.84. The molecule has 42 heavy (non-hydrogen) atoms. The van der Waals surface area contributed by atoms with E-state index in [1.54, 1.807) is 11.9 Å². The Balaban J connectivity index is 1.41. The molecule has 1 spiro atoms. The van der Waals surface area contributed by atoms with Crippen LogP contribution in [0, 0.1) is 5.82 Å². The van der Waals surface area contributed by atoms with E-state index in [1.165, 1.54) is 0 Å². The summed E-state index contributed by atoms with van der Waals surface area (Å²) in [4.78, 5) is 16.9. The third kappa shape index (κ3) is 4.13. The maximum absolute atomic E-state index is 16.4. The summed E-state index contributed by atoms with van der Waals surface area (Å²) in [6, 6.07) is 1.70. The quantitative estimate of drug-likeness (QED) is 0.334. The predicted octanol–water partition coefficient (Wildman–Crippen LogP) is 4.64. The van der Waals surface area contributed by atoms with Gasteiger partial charge in [0.2, 0.25) is 5.88 Å². The van der Waals surface area contributed by atoms with Gasteiger partial charge in [-0.05, 0) is 31.5 Å². The summed E-state index contributed by atoms with van der Waals surface area (Å²) in [5, 5.41) is -0.629. The van der Waals surface area contributed by atoms with Gasteiger partial charge in [-0.2, -0.15) is 23.1 Å². The highest BCUT2D eigenvalue weighted by Gasteiger charge is 2.50. The average Bonchev–Trinajstić information content (AvgIpc) is 3.37. The summed E-state index contributed by atoms with van der Waals surface area (Å²) in [6.45, 7) is 1.72. The topological polar surface area (TPSA) is 98.9 Å². The smallest absolute Gasteiger partial charge is 0.418 e. The minimum atomic E-state index is -4.95. The van der Waals surface area contributed by atoms with Crippen LogP contribution >= 0.6 is 11.6 Å². The standard InChI is InChI=1S/C27H26ClF5N6O3/c1-38-22-17-21(36-24(37-22)42-11-25-3-2-4-39(25)8-13(29)7-25)19(30)20(35-23(17)41-12-26(38)9-40-10-26)15-5-14(34)6-16(28)18(15)27(31,32)33/h5-6,13H,2-4,7-12,34H2,1H3/t13-,25+/m1/s1. The van der Waals surface area contributed by atoms with Crippen molar-refractivity contribution in [1.82, 2.24) is 19.9 Å². The van der Waals surface area contributed by atoms with Gasteiger partial charge in [0.25, 0.3) is 0 Å². The highest BCUT2D eigenvalue weighted by atomic mass is 35.5. The largest absolute Gasteiger partial charge is 0.474 e. The molecule has 0 unspecified atom stereocenters. The lowest BCUT2D eigenvalue weighted by Crippen LogP contribution is -2.64. The molecule has 224 valence electrons. The number of nitrogens with two attached hydrogens (primary N) is 1. The van der Waals surface area contributed by atoms with E-state index in [0.29, 0.717) is 13.0 Å². The van der Waals surface area contributed by atoms with E-state index >= 15 is 4.39 Å². The SMILES string of the molecule is CN1c2nc(OC[C@@]34CCCN3C[C@H](F)C4)nc3c(F)c(-c4cc(N)cc(Cl)c4C(F)(F)F)nc(c23)OCC12COC2. The molecule has 4 aliphatic heterocycles. The molecule has 2 atom stereocenters. The van der Waals surface area contributed by atoms with Gasteiger partial charge in [-0.25, -0.2) is 13.8 Å². The Hall–Kier alpha value is -3.23. The van der Waals surface area contributed by atoms with Crippen LogP contribution in [0.25, 0.3) is 22.2 Å². The van der Waals surface area contributed by atoms with Gasteiger partial charge in [-0.15, -0.1) is 0 Å². The monoisotopic (exact) mass is 612 g/mol. The second kappa shape index (κ2) is 9.38. The Morgan fingerprint density at radius 3 is 2.69 bits per heavy atom. The molecule has 4 aliphatic rings. The zero-order valence-corrected chi connectivity index (χ0v) is 23.2. The van der Waals surface area contributed by atoms with Crippen LogP contribution in [0.1, 0.15) is 24.8 Å². The zero-order chi connectivity index (χ0) is 29.6. The van der Waals surface area contributed by atoms with E-state index in [-0.39, 0.29) is 60.7 Å². The molecular weight excluding hydrogens is 587 g/mol. The van der Waals surface area contributed by atoms with Crippen molar-refractivity contribution in [3.8, 4) is 23.1 Å². The van der Waals surface area contributed by atoms with Crippen molar-refractivity contribution in [3.05, 3.63) is 28.5 Å². The second-order valence-electron chi connectivity index (χ2n) is 11.5. The number of pyridine rings is 1. The maximum atomic E-state index is 16.4. The summed E-state index contributed by atoms with van der Waals surface area (Å²) < 4.78 is 90.7. The van der Waals surface area contributed by atoms with Crippen LogP contribution in [0.4, 0.5) is 33.5 Å². The van der Waals surface area contributed by atoms with Crippen LogP contribution in [0.2, 0.25) is 5.02 Å². The molecule has 0 amide bonds.